The number of nitrogens with zero attached hydrogens (tertiary/aromatic N) is 1. The second-order valence-electron chi connectivity index (χ2n) is 10.7. The van der Waals surface area contributed by atoms with Gasteiger partial charge in [0.05, 0.1) is 5.75 Å². The molecule has 3 aromatic carbocycles. The number of benzene rings is 3. The maximum atomic E-state index is 13.0. The quantitative estimate of drug-likeness (QED) is 0.318. The van der Waals surface area contributed by atoms with Crippen LogP contribution in [0.15, 0.2) is 78.9 Å². The van der Waals surface area contributed by atoms with Gasteiger partial charge in [-0.2, -0.15) is 0 Å². The highest BCUT2D eigenvalue weighted by Crippen LogP contribution is 2.23. The molecule has 3 N–H and O–H groups in total. The van der Waals surface area contributed by atoms with Crippen LogP contribution in [0.3, 0.4) is 0 Å². The molecule has 3 aromatic rings. The maximum Gasteiger partial charge on any atom is 0.408 e. The van der Waals surface area contributed by atoms with Gasteiger partial charge in [-0.15, -0.1) is 0 Å². The normalized spacial score (nSPS) is 13.0. The van der Waals surface area contributed by atoms with Crippen molar-refractivity contribution in [3.63, 3.8) is 0 Å². The molecule has 0 aromatic heterocycles. The molecule has 0 unspecified atom stereocenters. The van der Waals surface area contributed by atoms with Crippen molar-refractivity contribution in [1.82, 2.24) is 21.1 Å². The van der Waals surface area contributed by atoms with Crippen LogP contribution in [0.4, 0.5) is 9.59 Å². The molecule has 0 radical (unpaired) electrons. The van der Waals surface area contributed by atoms with E-state index in [1.54, 1.807) is 49.9 Å². The molecule has 0 aliphatic carbocycles. The molecular weight excluding hydrogens is 556 g/mol. The molecule has 0 saturated heterocycles. The van der Waals surface area contributed by atoms with Crippen molar-refractivity contribution in [2.75, 3.05) is 5.75 Å². The van der Waals surface area contributed by atoms with Gasteiger partial charge in [0.25, 0.3) is 11.1 Å². The van der Waals surface area contributed by atoms with Crippen molar-refractivity contribution in [1.29, 1.82) is 0 Å². The molecule has 4 rings (SSSR count). The van der Waals surface area contributed by atoms with Gasteiger partial charge in [0.15, 0.2) is 0 Å². The minimum atomic E-state index is -1.06. The number of thioether (sulfide) groups is 1. The lowest BCUT2D eigenvalue weighted by Crippen LogP contribution is -2.53. The average molecular weight is 591 g/mol. The summed E-state index contributed by atoms with van der Waals surface area (Å²) in [6.45, 7) is 6.16. The highest BCUT2D eigenvalue weighted by molar-refractivity contribution is 8.14. The summed E-state index contributed by atoms with van der Waals surface area (Å²) in [5.74, 6) is 0.396. The number of nitrogens with one attached hydrogen (secondary N) is 3. The first kappa shape index (κ1) is 30.4. The predicted molar refractivity (Wildman–Crippen MR) is 160 cm³/mol. The second-order valence-corrected chi connectivity index (χ2v) is 11.6. The van der Waals surface area contributed by atoms with E-state index < -0.39 is 28.9 Å². The molecule has 220 valence electrons. The van der Waals surface area contributed by atoms with Gasteiger partial charge in [0.1, 0.15) is 23.1 Å². The van der Waals surface area contributed by atoms with Gasteiger partial charge in [0.2, 0.25) is 5.91 Å². The summed E-state index contributed by atoms with van der Waals surface area (Å²) in [4.78, 5) is 52.2. The Kier molecular flexibility index (Phi) is 10.1. The van der Waals surface area contributed by atoms with Crippen LogP contribution in [0.5, 0.6) is 11.5 Å². The molecule has 10 nitrogen and oxygen atoms in total. The Morgan fingerprint density at radius 1 is 0.833 bits per heavy atom. The number of alkyl carbamates (subject to hydrolysis) is 1. The van der Waals surface area contributed by atoms with Crippen molar-refractivity contribution in [2.45, 2.75) is 51.9 Å². The molecule has 42 heavy (non-hydrogen) atoms. The highest BCUT2D eigenvalue weighted by Gasteiger charge is 2.26. The first-order valence-electron chi connectivity index (χ1n) is 13.4. The molecule has 11 heteroatoms. The van der Waals surface area contributed by atoms with Crippen LogP contribution < -0.4 is 20.9 Å². The smallest absolute Gasteiger partial charge is 0.408 e. The van der Waals surface area contributed by atoms with E-state index in [2.05, 4.69) is 16.2 Å². The van der Waals surface area contributed by atoms with Crippen LogP contribution in [-0.2, 0) is 33.8 Å². The molecule has 1 aliphatic heterocycles. The zero-order chi connectivity index (χ0) is 30.1. The minimum absolute atomic E-state index is 0.0767. The molecule has 0 spiro atoms. The number of amides is 4. The fourth-order valence-electron chi connectivity index (χ4n) is 4.18. The lowest BCUT2D eigenvalue weighted by Gasteiger charge is -2.23. The summed E-state index contributed by atoms with van der Waals surface area (Å²) in [6, 6.07) is 23.2. The van der Waals surface area contributed by atoms with Crippen LogP contribution in [-0.4, -0.2) is 45.4 Å². The van der Waals surface area contributed by atoms with Crippen molar-refractivity contribution in [2.24, 2.45) is 0 Å². The molecule has 4 amide bonds. The Balaban J connectivity index is 1.30. The largest absolute Gasteiger partial charge is 0.457 e. The van der Waals surface area contributed by atoms with E-state index in [-0.39, 0.29) is 18.1 Å². The van der Waals surface area contributed by atoms with Gasteiger partial charge in [-0.25, -0.2) is 4.79 Å². The van der Waals surface area contributed by atoms with E-state index in [9.17, 15) is 19.2 Å². The van der Waals surface area contributed by atoms with Crippen molar-refractivity contribution in [3.8, 4) is 11.5 Å². The standard InChI is InChI=1S/C31H34N4O6S/c1-31(2,3)41-29(38)32-26(17-21-13-15-25(16-14-21)40-24-11-5-4-6-12-24)28(37)33-34-30(39)42-20-27(36)35-18-22-9-7-8-10-23(22)19-35/h4-16,26H,17-20H2,1-3H3,(H,32,38)(H,33,37)(H,34,39)/t26-/m0/s1. The number of hydrogen-bond acceptors (Lipinski definition) is 7. The lowest BCUT2D eigenvalue weighted by molar-refractivity contribution is -0.129. The van der Waals surface area contributed by atoms with E-state index in [1.165, 1.54) is 0 Å². The monoisotopic (exact) mass is 590 g/mol. The summed E-state index contributed by atoms with van der Waals surface area (Å²) in [5, 5.41) is 1.97. The predicted octanol–water partition coefficient (Wildman–Crippen LogP) is 4.93. The summed E-state index contributed by atoms with van der Waals surface area (Å²) in [6.07, 6.45) is -0.655. The molecular formula is C31H34N4O6S. The van der Waals surface area contributed by atoms with Crippen LogP contribution in [0.25, 0.3) is 0 Å². The Morgan fingerprint density at radius 2 is 1.43 bits per heavy atom. The Hall–Kier alpha value is -4.51. The number of para-hydroxylation sites is 1. The van der Waals surface area contributed by atoms with Crippen molar-refractivity contribution in [3.05, 3.63) is 95.6 Å². The van der Waals surface area contributed by atoms with Crippen LogP contribution >= 0.6 is 11.8 Å². The van der Waals surface area contributed by atoms with Gasteiger partial charge >= 0.3 is 6.09 Å². The number of fused-ring (bicyclic) bond motifs is 1. The topological polar surface area (TPSA) is 126 Å². The summed E-state index contributed by atoms with van der Waals surface area (Å²) < 4.78 is 11.1. The van der Waals surface area contributed by atoms with Crippen molar-refractivity contribution >= 4 is 34.9 Å². The first-order chi connectivity index (χ1) is 20.1. The van der Waals surface area contributed by atoms with Gasteiger partial charge in [-0.3, -0.25) is 25.2 Å². The van der Waals surface area contributed by atoms with E-state index in [0.29, 0.717) is 24.6 Å². The zero-order valence-electron chi connectivity index (χ0n) is 23.7. The van der Waals surface area contributed by atoms with Crippen LogP contribution in [0, 0.1) is 0 Å². The lowest BCUT2D eigenvalue weighted by atomic mass is 10.1. The summed E-state index contributed by atoms with van der Waals surface area (Å²) in [7, 11) is 0. The first-order valence-corrected chi connectivity index (χ1v) is 14.4. The summed E-state index contributed by atoms with van der Waals surface area (Å²) in [5.41, 5.74) is 6.81. The number of hydrogen-bond donors (Lipinski definition) is 3. The average Bonchev–Trinajstić information content (AvgIpc) is 3.39. The zero-order valence-corrected chi connectivity index (χ0v) is 24.5. The van der Waals surface area contributed by atoms with Crippen LogP contribution in [0.2, 0.25) is 0 Å². The maximum absolute atomic E-state index is 13.0. The molecule has 1 atom stereocenters. The molecule has 0 bridgehead atoms. The third-order valence-corrected chi connectivity index (χ3v) is 6.91. The van der Waals surface area contributed by atoms with E-state index in [4.69, 9.17) is 9.47 Å². The number of carbonyl (C=O) groups is 4. The fourth-order valence-corrected chi connectivity index (χ4v) is 4.74. The van der Waals surface area contributed by atoms with Gasteiger partial charge in [-0.05, 0) is 61.7 Å². The SMILES string of the molecule is CC(C)(C)OC(=O)N[C@@H](Cc1ccc(Oc2ccccc2)cc1)C(=O)NNC(=O)SCC(=O)N1Cc2ccccc2C1. The number of ether oxygens (including phenoxy) is 2. The molecule has 1 heterocycles. The fraction of sp³-hybridized carbons (Fsp3) is 0.290. The van der Waals surface area contributed by atoms with E-state index in [1.807, 2.05) is 54.6 Å². The molecule has 0 fully saturated rings. The Labute approximate surface area is 249 Å². The van der Waals surface area contributed by atoms with Crippen molar-refractivity contribution < 1.29 is 28.7 Å². The third kappa shape index (κ3) is 9.27. The number of rotatable bonds is 8. The van der Waals surface area contributed by atoms with E-state index >= 15 is 0 Å². The second kappa shape index (κ2) is 13.9. The Bertz CT molecular complexity index is 1380. The summed E-state index contributed by atoms with van der Waals surface area (Å²) >= 11 is 0.750. The number of carbonyl (C=O) groups excluding carboxylic acids is 4. The highest BCUT2D eigenvalue weighted by atomic mass is 32.2. The van der Waals surface area contributed by atoms with Gasteiger partial charge in [-0.1, -0.05) is 66.4 Å². The number of hydrazine groups is 1. The van der Waals surface area contributed by atoms with Crippen LogP contribution in [0.1, 0.15) is 37.5 Å². The van der Waals surface area contributed by atoms with E-state index in [0.717, 1.165) is 28.5 Å². The Morgan fingerprint density at radius 3 is 2.05 bits per heavy atom. The molecule has 0 saturated carbocycles. The molecule has 1 aliphatic rings. The minimum Gasteiger partial charge on any atom is -0.457 e. The van der Waals surface area contributed by atoms with Gasteiger partial charge in [0, 0.05) is 19.5 Å². The van der Waals surface area contributed by atoms with Gasteiger partial charge < -0.3 is 19.7 Å². The third-order valence-electron chi connectivity index (χ3n) is 6.16.